The van der Waals surface area contributed by atoms with E-state index in [-0.39, 0.29) is 16.0 Å². The van der Waals surface area contributed by atoms with Crippen molar-refractivity contribution in [3.05, 3.63) is 27.6 Å². The van der Waals surface area contributed by atoms with E-state index < -0.39 is 15.6 Å². The Kier molecular flexibility index (Phi) is 3.29. The number of pyridine rings is 1. The topological polar surface area (TPSA) is 70.2 Å². The second-order valence-corrected chi connectivity index (χ2v) is 6.25. The van der Waals surface area contributed by atoms with Crippen molar-refractivity contribution < 1.29 is 8.42 Å². The highest BCUT2D eigenvalue weighted by Gasteiger charge is 2.37. The molecule has 1 aliphatic carbocycles. The molecule has 94 valence electrons. The van der Waals surface area contributed by atoms with Crippen LogP contribution in [0.25, 0.3) is 0 Å². The molecule has 0 aromatic carbocycles. The maximum absolute atomic E-state index is 12.3. The summed E-state index contributed by atoms with van der Waals surface area (Å²) >= 11 is 5.64. The third kappa shape index (κ3) is 2.38. The van der Waals surface area contributed by atoms with Crippen LogP contribution in [0.15, 0.2) is 22.0 Å². The van der Waals surface area contributed by atoms with Crippen LogP contribution < -0.4 is 5.56 Å². The highest BCUT2D eigenvalue weighted by atomic mass is 35.5. The van der Waals surface area contributed by atoms with E-state index in [2.05, 4.69) is 4.98 Å². The summed E-state index contributed by atoms with van der Waals surface area (Å²) in [7, 11) is -3.55. The van der Waals surface area contributed by atoms with Crippen LogP contribution >= 0.6 is 11.6 Å². The van der Waals surface area contributed by atoms with Gasteiger partial charge in [0, 0.05) is 18.8 Å². The number of aromatic amines is 1. The van der Waals surface area contributed by atoms with Crippen molar-refractivity contribution in [3.8, 4) is 0 Å². The second kappa shape index (κ2) is 4.44. The number of nitrogens with zero attached hydrogens (tertiary/aromatic N) is 1. The highest BCUT2D eigenvalue weighted by Crippen LogP contribution is 2.31. The number of hydrogen-bond donors (Lipinski definition) is 1. The Morgan fingerprint density at radius 1 is 1.53 bits per heavy atom. The monoisotopic (exact) mass is 276 g/mol. The maximum Gasteiger partial charge on any atom is 0.266 e. The molecule has 0 amide bonds. The first-order valence-corrected chi connectivity index (χ1v) is 7.18. The summed E-state index contributed by atoms with van der Waals surface area (Å²) in [4.78, 5) is 13.4. The molecule has 0 aliphatic heterocycles. The fourth-order valence-electron chi connectivity index (χ4n) is 1.71. The van der Waals surface area contributed by atoms with Gasteiger partial charge in [-0.1, -0.05) is 18.5 Å². The molecule has 1 fully saturated rings. The Balaban J connectivity index is 2.43. The molecule has 17 heavy (non-hydrogen) atoms. The first-order chi connectivity index (χ1) is 7.96. The van der Waals surface area contributed by atoms with Gasteiger partial charge in [-0.15, -0.1) is 0 Å². The molecule has 2 rings (SSSR count). The Hall–Kier alpha value is -0.850. The number of halogens is 1. The molecule has 1 aromatic rings. The summed E-state index contributed by atoms with van der Waals surface area (Å²) in [5.74, 6) is 0. The first-order valence-electron chi connectivity index (χ1n) is 5.37. The van der Waals surface area contributed by atoms with E-state index in [0.29, 0.717) is 6.54 Å². The molecule has 0 saturated heterocycles. The lowest BCUT2D eigenvalue weighted by Gasteiger charge is -2.19. The van der Waals surface area contributed by atoms with Gasteiger partial charge in [-0.25, -0.2) is 8.42 Å². The third-order valence-corrected chi connectivity index (χ3v) is 4.99. The molecule has 7 heteroatoms. The molecule has 1 aromatic heterocycles. The number of H-pyrrole nitrogens is 1. The van der Waals surface area contributed by atoms with E-state index in [0.717, 1.165) is 12.8 Å². The number of hydrogen-bond acceptors (Lipinski definition) is 3. The molecule has 1 heterocycles. The van der Waals surface area contributed by atoms with Gasteiger partial charge in [0.15, 0.2) is 0 Å². The van der Waals surface area contributed by atoms with Crippen LogP contribution in [0.5, 0.6) is 0 Å². The van der Waals surface area contributed by atoms with Gasteiger partial charge < -0.3 is 4.98 Å². The Bertz CT molecular complexity index is 577. The Labute approximate surface area is 104 Å². The molecule has 1 N–H and O–H groups in total. The lowest BCUT2D eigenvalue weighted by molar-refractivity contribution is 0.420. The van der Waals surface area contributed by atoms with E-state index in [9.17, 15) is 13.2 Å². The summed E-state index contributed by atoms with van der Waals surface area (Å²) in [6.07, 6.45) is 2.98. The van der Waals surface area contributed by atoms with Gasteiger partial charge in [0.1, 0.15) is 5.02 Å². The van der Waals surface area contributed by atoms with Crippen molar-refractivity contribution in [3.63, 3.8) is 0 Å². The van der Waals surface area contributed by atoms with Crippen molar-refractivity contribution in [2.75, 3.05) is 6.54 Å². The molecule has 5 nitrogen and oxygen atoms in total. The quantitative estimate of drug-likeness (QED) is 0.898. The van der Waals surface area contributed by atoms with Crippen LogP contribution in [0.1, 0.15) is 19.8 Å². The van der Waals surface area contributed by atoms with E-state index in [1.54, 1.807) is 6.92 Å². The predicted octanol–water partition coefficient (Wildman–Crippen LogP) is 1.20. The fraction of sp³-hybridized carbons (Fsp3) is 0.500. The number of aromatic nitrogens is 1. The highest BCUT2D eigenvalue weighted by molar-refractivity contribution is 7.89. The van der Waals surface area contributed by atoms with Gasteiger partial charge in [0.25, 0.3) is 5.56 Å². The molecule has 1 aliphatic rings. The van der Waals surface area contributed by atoms with Crippen LogP contribution in [0.3, 0.4) is 0 Å². The smallest absolute Gasteiger partial charge is 0.266 e. The van der Waals surface area contributed by atoms with Crippen LogP contribution in [0, 0.1) is 0 Å². The fourth-order valence-corrected chi connectivity index (χ4v) is 3.63. The SMILES string of the molecule is CCN(C1CC1)S(=O)(=O)c1c[nH]c(=O)c(Cl)c1. The molecular formula is C10H13ClN2O3S. The minimum atomic E-state index is -3.55. The van der Waals surface area contributed by atoms with Crippen molar-refractivity contribution in [2.24, 2.45) is 0 Å². The molecule has 0 unspecified atom stereocenters. The lowest BCUT2D eigenvalue weighted by atomic mass is 10.5. The van der Waals surface area contributed by atoms with E-state index in [4.69, 9.17) is 11.6 Å². The number of rotatable bonds is 4. The first kappa shape index (κ1) is 12.6. The van der Waals surface area contributed by atoms with Crippen molar-refractivity contribution >= 4 is 21.6 Å². The molecule has 0 bridgehead atoms. The molecule has 0 atom stereocenters. The van der Waals surface area contributed by atoms with Gasteiger partial charge in [-0.3, -0.25) is 4.79 Å². The summed E-state index contributed by atoms with van der Waals surface area (Å²) in [5.41, 5.74) is -0.486. The zero-order valence-electron chi connectivity index (χ0n) is 9.31. The zero-order chi connectivity index (χ0) is 12.6. The third-order valence-electron chi connectivity index (χ3n) is 2.70. The van der Waals surface area contributed by atoms with E-state index >= 15 is 0 Å². The maximum atomic E-state index is 12.3. The van der Waals surface area contributed by atoms with Crippen molar-refractivity contribution in [1.29, 1.82) is 0 Å². The van der Waals surface area contributed by atoms with E-state index in [1.807, 2.05) is 0 Å². The Morgan fingerprint density at radius 3 is 2.65 bits per heavy atom. The largest absolute Gasteiger partial charge is 0.326 e. The lowest BCUT2D eigenvalue weighted by Crippen LogP contribution is -2.33. The summed E-state index contributed by atoms with van der Waals surface area (Å²) in [5, 5.41) is -0.113. The molecule has 0 spiro atoms. The van der Waals surface area contributed by atoms with E-state index in [1.165, 1.54) is 16.6 Å². The minimum absolute atomic E-state index is 0.0378. The van der Waals surface area contributed by atoms with Gasteiger partial charge in [-0.05, 0) is 18.9 Å². The van der Waals surface area contributed by atoms with Crippen LogP contribution in [-0.2, 0) is 10.0 Å². The number of sulfonamides is 1. The molecule has 1 saturated carbocycles. The average Bonchev–Trinajstić information content (AvgIpc) is 3.07. The predicted molar refractivity (Wildman–Crippen MR) is 64.7 cm³/mol. The van der Waals surface area contributed by atoms with Crippen molar-refractivity contribution in [2.45, 2.75) is 30.7 Å². The molecule has 0 radical (unpaired) electrons. The summed E-state index contributed by atoms with van der Waals surface area (Å²) in [6, 6.07) is 1.29. The van der Waals surface area contributed by atoms with Gasteiger partial charge in [0.2, 0.25) is 10.0 Å². The van der Waals surface area contributed by atoms with Crippen LogP contribution in [-0.4, -0.2) is 30.3 Å². The van der Waals surface area contributed by atoms with Crippen molar-refractivity contribution in [1.82, 2.24) is 9.29 Å². The minimum Gasteiger partial charge on any atom is -0.326 e. The van der Waals surface area contributed by atoms with Gasteiger partial charge >= 0.3 is 0 Å². The molecular weight excluding hydrogens is 264 g/mol. The Morgan fingerprint density at radius 2 is 2.18 bits per heavy atom. The zero-order valence-corrected chi connectivity index (χ0v) is 10.9. The van der Waals surface area contributed by atoms with Gasteiger partial charge in [-0.2, -0.15) is 4.31 Å². The second-order valence-electron chi connectivity index (χ2n) is 3.95. The standard InChI is InChI=1S/C10H13ClN2O3S/c1-2-13(7-3-4-7)17(15,16)8-5-9(11)10(14)12-6-8/h5-7H,2-4H2,1H3,(H,12,14). The number of nitrogens with one attached hydrogen (secondary N) is 1. The van der Waals surface area contributed by atoms with Crippen LogP contribution in [0.2, 0.25) is 5.02 Å². The van der Waals surface area contributed by atoms with Gasteiger partial charge in [0.05, 0.1) is 4.90 Å². The van der Waals surface area contributed by atoms with Crippen LogP contribution in [0.4, 0.5) is 0 Å². The summed E-state index contributed by atoms with van der Waals surface area (Å²) in [6.45, 7) is 2.22. The summed E-state index contributed by atoms with van der Waals surface area (Å²) < 4.78 is 25.9. The normalized spacial score (nSPS) is 16.4. The average molecular weight is 277 g/mol.